The van der Waals surface area contributed by atoms with Gasteiger partial charge in [-0.2, -0.15) is 4.98 Å². The number of nitrogens with two attached hydrogens (primary N) is 1. The minimum Gasteiger partial charge on any atom is -0.452 e. The fraction of sp³-hybridized carbons (Fsp3) is 0.333. The van der Waals surface area contributed by atoms with Crippen molar-refractivity contribution in [2.75, 3.05) is 24.6 Å². The van der Waals surface area contributed by atoms with E-state index in [1.807, 2.05) is 31.2 Å². The Balaban J connectivity index is 1.79. The zero-order chi connectivity index (χ0) is 20.4. The van der Waals surface area contributed by atoms with Crippen molar-refractivity contribution in [1.29, 1.82) is 0 Å². The van der Waals surface area contributed by atoms with Crippen LogP contribution in [-0.2, 0) is 9.53 Å². The van der Waals surface area contributed by atoms with Crippen LogP contribution in [0.3, 0.4) is 0 Å². The van der Waals surface area contributed by atoms with E-state index in [-0.39, 0.29) is 0 Å². The van der Waals surface area contributed by atoms with Gasteiger partial charge in [-0.1, -0.05) is 41.2 Å². The SMILES string of the molecule is Cc1ccc(-c2cc(C(=O)OCC(N)=O)c3sc(N4CCCCC4)nc3n2)cc1. The first-order chi connectivity index (χ1) is 14.0. The number of aromatic nitrogens is 2. The molecule has 29 heavy (non-hydrogen) atoms. The highest BCUT2D eigenvalue weighted by Gasteiger charge is 2.22. The van der Waals surface area contributed by atoms with E-state index >= 15 is 0 Å². The molecule has 2 N–H and O–H groups in total. The number of hydrogen-bond donors (Lipinski definition) is 1. The van der Waals surface area contributed by atoms with Crippen LogP contribution >= 0.6 is 11.3 Å². The van der Waals surface area contributed by atoms with Gasteiger partial charge in [0.1, 0.15) is 0 Å². The smallest absolute Gasteiger partial charge is 0.340 e. The second-order valence-electron chi connectivity index (χ2n) is 7.16. The second kappa shape index (κ2) is 8.16. The zero-order valence-corrected chi connectivity index (χ0v) is 17.0. The van der Waals surface area contributed by atoms with E-state index in [2.05, 4.69) is 4.90 Å². The summed E-state index contributed by atoms with van der Waals surface area (Å²) in [5.74, 6) is -1.29. The van der Waals surface area contributed by atoms with Crippen LogP contribution < -0.4 is 10.6 Å². The molecule has 0 unspecified atom stereocenters. The van der Waals surface area contributed by atoms with Gasteiger partial charge in [-0.15, -0.1) is 0 Å². The number of fused-ring (bicyclic) bond motifs is 1. The lowest BCUT2D eigenvalue weighted by molar-refractivity contribution is -0.121. The average Bonchev–Trinajstić information content (AvgIpc) is 3.16. The second-order valence-corrected chi connectivity index (χ2v) is 8.14. The molecular formula is C21H22N4O3S. The van der Waals surface area contributed by atoms with Gasteiger partial charge in [0.25, 0.3) is 5.91 Å². The Hall–Kier alpha value is -3.00. The van der Waals surface area contributed by atoms with Gasteiger partial charge >= 0.3 is 5.97 Å². The molecule has 0 bridgehead atoms. The topological polar surface area (TPSA) is 98.4 Å². The molecule has 1 aliphatic heterocycles. The van der Waals surface area contributed by atoms with E-state index in [0.717, 1.165) is 42.2 Å². The molecule has 0 saturated carbocycles. The Kier molecular flexibility index (Phi) is 5.44. The predicted molar refractivity (Wildman–Crippen MR) is 113 cm³/mol. The molecule has 3 aromatic rings. The quantitative estimate of drug-likeness (QED) is 0.648. The molecule has 150 valence electrons. The van der Waals surface area contributed by atoms with Crippen LogP contribution in [0.25, 0.3) is 21.6 Å². The maximum atomic E-state index is 12.7. The Labute approximate surface area is 172 Å². The first-order valence-electron chi connectivity index (χ1n) is 9.60. The first kappa shape index (κ1) is 19.3. The number of ether oxygens (including phenoxy) is 1. The predicted octanol–water partition coefficient (Wildman–Crippen LogP) is 3.30. The molecule has 0 aliphatic carbocycles. The van der Waals surface area contributed by atoms with Gasteiger partial charge in [0.15, 0.2) is 17.4 Å². The molecule has 1 aliphatic rings. The van der Waals surface area contributed by atoms with Crippen LogP contribution in [0.15, 0.2) is 30.3 Å². The number of rotatable bonds is 5. The number of aryl methyl sites for hydroxylation is 1. The van der Waals surface area contributed by atoms with Crippen LogP contribution in [0, 0.1) is 6.92 Å². The number of carbonyl (C=O) groups excluding carboxylic acids is 2. The van der Waals surface area contributed by atoms with Crippen molar-refractivity contribution >= 4 is 38.7 Å². The average molecular weight is 410 g/mol. The fourth-order valence-corrected chi connectivity index (χ4v) is 4.42. The zero-order valence-electron chi connectivity index (χ0n) is 16.2. The van der Waals surface area contributed by atoms with E-state index in [4.69, 9.17) is 20.4 Å². The van der Waals surface area contributed by atoms with E-state index in [1.165, 1.54) is 17.8 Å². The van der Waals surface area contributed by atoms with Gasteiger partial charge in [-0.05, 0) is 32.3 Å². The number of carbonyl (C=O) groups is 2. The monoisotopic (exact) mass is 410 g/mol. The molecule has 3 heterocycles. The number of pyridine rings is 1. The van der Waals surface area contributed by atoms with Crippen molar-refractivity contribution in [2.24, 2.45) is 5.73 Å². The van der Waals surface area contributed by atoms with Crippen molar-refractivity contribution in [3.63, 3.8) is 0 Å². The van der Waals surface area contributed by atoms with Gasteiger partial charge in [0, 0.05) is 18.7 Å². The standard InChI is InChI=1S/C21H22N4O3S/c1-13-5-7-14(8-6-13)16-11-15(20(27)28-12-17(22)26)18-19(23-16)24-21(29-18)25-9-3-2-4-10-25/h5-8,11H,2-4,9-10,12H2,1H3,(H2,22,26). The Bertz CT molecular complexity index is 1060. The van der Waals surface area contributed by atoms with E-state index < -0.39 is 18.5 Å². The summed E-state index contributed by atoms with van der Waals surface area (Å²) in [6.45, 7) is 3.46. The van der Waals surface area contributed by atoms with Gasteiger partial charge < -0.3 is 15.4 Å². The van der Waals surface area contributed by atoms with Crippen molar-refractivity contribution in [1.82, 2.24) is 9.97 Å². The fourth-order valence-electron chi connectivity index (χ4n) is 3.36. The third-order valence-corrected chi connectivity index (χ3v) is 6.03. The summed E-state index contributed by atoms with van der Waals surface area (Å²) in [7, 11) is 0. The molecule has 1 fully saturated rings. The number of anilines is 1. The molecule has 0 spiro atoms. The lowest BCUT2D eigenvalue weighted by atomic mass is 10.1. The number of thiazole rings is 1. The summed E-state index contributed by atoms with van der Waals surface area (Å²) < 4.78 is 5.75. The highest BCUT2D eigenvalue weighted by molar-refractivity contribution is 7.22. The normalized spacial score (nSPS) is 14.2. The number of hydrogen-bond acceptors (Lipinski definition) is 7. The minimum absolute atomic E-state index is 0.354. The highest BCUT2D eigenvalue weighted by atomic mass is 32.1. The van der Waals surface area contributed by atoms with Crippen LogP contribution in [0.4, 0.5) is 5.13 Å². The van der Waals surface area contributed by atoms with E-state index in [0.29, 0.717) is 21.6 Å². The maximum absolute atomic E-state index is 12.7. The van der Waals surface area contributed by atoms with E-state index in [1.54, 1.807) is 6.07 Å². The number of primary amides is 1. The molecule has 0 atom stereocenters. The summed E-state index contributed by atoms with van der Waals surface area (Å²) in [6.07, 6.45) is 3.48. The summed E-state index contributed by atoms with van der Waals surface area (Å²) in [6, 6.07) is 9.60. The number of piperidine rings is 1. The van der Waals surface area contributed by atoms with Crippen molar-refractivity contribution in [3.05, 3.63) is 41.5 Å². The van der Waals surface area contributed by atoms with Crippen LogP contribution in [0.2, 0.25) is 0 Å². The minimum atomic E-state index is -0.694. The Morgan fingerprint density at radius 1 is 1.14 bits per heavy atom. The summed E-state index contributed by atoms with van der Waals surface area (Å²) in [5, 5.41) is 0.859. The third-order valence-electron chi connectivity index (χ3n) is 4.89. The number of amides is 1. The Morgan fingerprint density at radius 3 is 2.55 bits per heavy atom. The summed E-state index contributed by atoms with van der Waals surface area (Å²) in [4.78, 5) is 35.4. The molecular weight excluding hydrogens is 388 g/mol. The Morgan fingerprint density at radius 2 is 1.86 bits per heavy atom. The van der Waals surface area contributed by atoms with Crippen LogP contribution in [-0.4, -0.2) is 41.5 Å². The van der Waals surface area contributed by atoms with Gasteiger partial charge in [0.05, 0.1) is 16.0 Å². The van der Waals surface area contributed by atoms with E-state index in [9.17, 15) is 9.59 Å². The van der Waals surface area contributed by atoms with Crippen LogP contribution in [0.5, 0.6) is 0 Å². The van der Waals surface area contributed by atoms with Gasteiger partial charge in [-0.25, -0.2) is 9.78 Å². The molecule has 1 saturated heterocycles. The first-order valence-corrected chi connectivity index (χ1v) is 10.4. The summed E-state index contributed by atoms with van der Waals surface area (Å²) in [5.41, 5.74) is 8.65. The van der Waals surface area contributed by atoms with Crippen molar-refractivity contribution < 1.29 is 14.3 Å². The number of benzene rings is 1. The van der Waals surface area contributed by atoms with Crippen molar-refractivity contribution in [2.45, 2.75) is 26.2 Å². The number of esters is 1. The highest BCUT2D eigenvalue weighted by Crippen LogP contribution is 2.34. The molecule has 4 rings (SSSR count). The van der Waals surface area contributed by atoms with Gasteiger partial charge in [-0.3, -0.25) is 4.79 Å². The summed E-state index contributed by atoms with van der Waals surface area (Å²) >= 11 is 1.43. The lowest BCUT2D eigenvalue weighted by Crippen LogP contribution is -2.29. The molecule has 1 amide bonds. The molecule has 2 aromatic heterocycles. The van der Waals surface area contributed by atoms with Gasteiger partial charge in [0.2, 0.25) is 0 Å². The lowest BCUT2D eigenvalue weighted by Gasteiger charge is -2.25. The number of nitrogens with zero attached hydrogens (tertiary/aromatic N) is 3. The molecule has 8 heteroatoms. The van der Waals surface area contributed by atoms with Crippen LogP contribution in [0.1, 0.15) is 35.2 Å². The van der Waals surface area contributed by atoms with Crippen molar-refractivity contribution in [3.8, 4) is 11.3 Å². The third kappa shape index (κ3) is 4.22. The molecule has 0 radical (unpaired) electrons. The molecule has 1 aromatic carbocycles. The molecule has 7 nitrogen and oxygen atoms in total. The maximum Gasteiger partial charge on any atom is 0.340 e. The largest absolute Gasteiger partial charge is 0.452 e.